The molecule has 3 aromatic rings. The van der Waals surface area contributed by atoms with Crippen LogP contribution < -0.4 is 74.1 Å². The van der Waals surface area contributed by atoms with Gasteiger partial charge in [-0.05, 0) is 36.4 Å². The van der Waals surface area contributed by atoms with Crippen LogP contribution in [-0.4, -0.2) is 0 Å². The summed E-state index contributed by atoms with van der Waals surface area (Å²) in [5.74, 6) is 0. The zero-order chi connectivity index (χ0) is 12.9. The van der Waals surface area contributed by atoms with Crippen LogP contribution in [0.4, 0.5) is 0 Å². The maximum absolute atomic E-state index is 2.24. The second-order valence-corrected chi connectivity index (χ2v) is 6.96. The van der Waals surface area contributed by atoms with Crippen molar-refractivity contribution in [1.82, 2.24) is 0 Å². The van der Waals surface area contributed by atoms with Crippen LogP contribution in [-0.2, 0) is 0 Å². The third kappa shape index (κ3) is 3.96. The first-order valence-electron chi connectivity index (χ1n) is 6.48. The number of benzene rings is 3. The van der Waals surface area contributed by atoms with Crippen LogP contribution in [0.1, 0.15) is 0 Å². The summed E-state index contributed by atoms with van der Waals surface area (Å²) in [5, 5.41) is 4.31. The molecular formula is C18H16PRb+2. The molecule has 0 radical (unpaired) electrons. The van der Waals surface area contributed by atoms with E-state index in [-0.39, 0.29) is 58.2 Å². The summed E-state index contributed by atoms with van der Waals surface area (Å²) in [6.07, 6.45) is 0. The Morgan fingerprint density at radius 2 is 0.650 bits per heavy atom. The van der Waals surface area contributed by atoms with E-state index < -0.39 is 7.92 Å². The fraction of sp³-hybridized carbons (Fsp3) is 0. The monoisotopic (exact) mass is 348 g/mol. The van der Waals surface area contributed by atoms with Gasteiger partial charge in [0.05, 0.1) is 7.92 Å². The van der Waals surface area contributed by atoms with E-state index >= 15 is 0 Å². The summed E-state index contributed by atoms with van der Waals surface area (Å²) in [7, 11) is -0.877. The average Bonchev–Trinajstić information content (AvgIpc) is 2.51. The first-order valence-corrected chi connectivity index (χ1v) is 7.98. The molecule has 0 amide bonds. The van der Waals surface area contributed by atoms with Gasteiger partial charge in [0.25, 0.3) is 0 Å². The van der Waals surface area contributed by atoms with E-state index in [9.17, 15) is 0 Å². The molecule has 0 heterocycles. The third-order valence-electron chi connectivity index (χ3n) is 3.19. The summed E-state index contributed by atoms with van der Waals surface area (Å²) in [4.78, 5) is 0. The van der Waals surface area contributed by atoms with Gasteiger partial charge >= 0.3 is 58.2 Å². The quantitative estimate of drug-likeness (QED) is 0.593. The summed E-state index contributed by atoms with van der Waals surface area (Å²) >= 11 is 0. The zero-order valence-electron chi connectivity index (χ0n) is 11.7. The van der Waals surface area contributed by atoms with Crippen molar-refractivity contribution in [2.24, 2.45) is 0 Å². The second-order valence-electron chi connectivity index (χ2n) is 4.47. The van der Waals surface area contributed by atoms with Crippen molar-refractivity contribution in [3.8, 4) is 0 Å². The molecule has 0 unspecified atom stereocenters. The summed E-state index contributed by atoms with van der Waals surface area (Å²) in [5.41, 5.74) is 0. The number of hydrogen-bond acceptors (Lipinski definition) is 0. The van der Waals surface area contributed by atoms with Gasteiger partial charge in [-0.15, -0.1) is 0 Å². The molecule has 0 saturated carbocycles. The Morgan fingerprint density at radius 3 is 0.900 bits per heavy atom. The molecule has 3 rings (SSSR count). The molecule has 3 aromatic carbocycles. The third-order valence-corrected chi connectivity index (χ3v) is 5.92. The molecule has 20 heavy (non-hydrogen) atoms. The van der Waals surface area contributed by atoms with Gasteiger partial charge in [0.1, 0.15) is 15.9 Å². The van der Waals surface area contributed by atoms with Crippen molar-refractivity contribution in [3.63, 3.8) is 0 Å². The van der Waals surface area contributed by atoms with E-state index in [2.05, 4.69) is 91.0 Å². The van der Waals surface area contributed by atoms with Gasteiger partial charge in [0, 0.05) is 0 Å². The molecule has 2 heteroatoms. The van der Waals surface area contributed by atoms with Gasteiger partial charge < -0.3 is 0 Å². The molecular weight excluding hydrogens is 333 g/mol. The summed E-state index contributed by atoms with van der Waals surface area (Å²) in [6.45, 7) is 0. The van der Waals surface area contributed by atoms with E-state index in [1.165, 1.54) is 15.9 Å². The van der Waals surface area contributed by atoms with Crippen molar-refractivity contribution < 1.29 is 58.2 Å². The molecule has 0 aliphatic heterocycles. The minimum Gasteiger partial charge on any atom is -0.0620 e. The fourth-order valence-corrected chi connectivity index (χ4v) is 4.89. The van der Waals surface area contributed by atoms with Crippen molar-refractivity contribution in [3.05, 3.63) is 91.0 Å². The van der Waals surface area contributed by atoms with Crippen LogP contribution in [0.5, 0.6) is 0 Å². The maximum Gasteiger partial charge on any atom is 1.00 e. The smallest absolute Gasteiger partial charge is 0.0620 e. The molecule has 0 nitrogen and oxygen atoms in total. The molecule has 0 aromatic heterocycles. The Balaban J connectivity index is 0.00000147. The molecule has 0 fully saturated rings. The van der Waals surface area contributed by atoms with Crippen LogP contribution in [0, 0.1) is 0 Å². The Labute approximate surface area is 170 Å². The van der Waals surface area contributed by atoms with Crippen LogP contribution >= 0.6 is 7.92 Å². The van der Waals surface area contributed by atoms with Gasteiger partial charge in [-0.1, -0.05) is 54.6 Å². The first-order chi connectivity index (χ1) is 9.45. The number of rotatable bonds is 3. The van der Waals surface area contributed by atoms with E-state index in [0.29, 0.717) is 0 Å². The Morgan fingerprint density at radius 1 is 0.400 bits per heavy atom. The molecule has 0 aliphatic carbocycles. The van der Waals surface area contributed by atoms with E-state index in [0.717, 1.165) is 0 Å². The largest absolute Gasteiger partial charge is 1.00 e. The van der Waals surface area contributed by atoms with Gasteiger partial charge in [0.15, 0.2) is 0 Å². The van der Waals surface area contributed by atoms with Crippen molar-refractivity contribution in [2.45, 2.75) is 0 Å². The Bertz CT molecular complexity index is 529. The molecule has 0 N–H and O–H groups in total. The Hall–Kier alpha value is -0.105. The standard InChI is InChI=1S/C18H15P.Rb/c1-4-10-16(11-5-1)19(17-12-6-2-7-13-17)18-14-8-3-9-15-18;/h1-15H;/q;+1/p+1. The maximum atomic E-state index is 2.24. The second kappa shape index (κ2) is 8.37. The molecule has 0 bridgehead atoms. The average molecular weight is 349 g/mol. The van der Waals surface area contributed by atoms with Crippen LogP contribution in [0.3, 0.4) is 0 Å². The van der Waals surface area contributed by atoms with Crippen molar-refractivity contribution >= 4 is 23.8 Å². The fourth-order valence-electron chi connectivity index (χ4n) is 2.31. The van der Waals surface area contributed by atoms with E-state index in [1.54, 1.807) is 0 Å². The zero-order valence-corrected chi connectivity index (χ0v) is 17.6. The van der Waals surface area contributed by atoms with Gasteiger partial charge in [-0.25, -0.2) is 0 Å². The summed E-state index contributed by atoms with van der Waals surface area (Å²) in [6, 6.07) is 32.5. The molecule has 0 spiro atoms. The first kappa shape index (κ1) is 16.3. The van der Waals surface area contributed by atoms with Gasteiger partial charge in [-0.2, -0.15) is 0 Å². The topological polar surface area (TPSA) is 0 Å². The minimum atomic E-state index is -0.877. The molecule has 0 saturated heterocycles. The summed E-state index contributed by atoms with van der Waals surface area (Å²) < 4.78 is 0. The normalized spacial score (nSPS) is 10.1. The van der Waals surface area contributed by atoms with E-state index in [1.807, 2.05) is 0 Å². The predicted octanol–water partition coefficient (Wildman–Crippen LogP) is 0.181. The van der Waals surface area contributed by atoms with Crippen molar-refractivity contribution in [1.29, 1.82) is 0 Å². The van der Waals surface area contributed by atoms with Crippen LogP contribution in [0.25, 0.3) is 0 Å². The molecule has 0 aliphatic rings. The van der Waals surface area contributed by atoms with Gasteiger partial charge in [-0.3, -0.25) is 0 Å². The molecule has 92 valence electrons. The van der Waals surface area contributed by atoms with E-state index in [4.69, 9.17) is 0 Å². The van der Waals surface area contributed by atoms with Crippen LogP contribution in [0.2, 0.25) is 0 Å². The number of hydrogen-bond donors (Lipinski definition) is 0. The molecule has 0 atom stereocenters. The SMILES string of the molecule is [Rb+].c1ccc([PH+](c2ccccc2)c2ccccc2)cc1. The Kier molecular flexibility index (Phi) is 6.80. The van der Waals surface area contributed by atoms with Crippen LogP contribution in [0.15, 0.2) is 91.0 Å². The minimum absolute atomic E-state index is 0. The van der Waals surface area contributed by atoms with Gasteiger partial charge in [0.2, 0.25) is 0 Å². The predicted molar refractivity (Wildman–Crippen MR) is 86.5 cm³/mol. The van der Waals surface area contributed by atoms with Crippen molar-refractivity contribution in [2.75, 3.05) is 0 Å².